The van der Waals surface area contributed by atoms with Crippen LogP contribution in [0.1, 0.15) is 17.3 Å². The highest BCUT2D eigenvalue weighted by molar-refractivity contribution is 5.94. The summed E-state index contributed by atoms with van der Waals surface area (Å²) in [7, 11) is 0. The summed E-state index contributed by atoms with van der Waals surface area (Å²) in [6, 6.07) is 13.8. The molecule has 0 aliphatic carbocycles. The van der Waals surface area contributed by atoms with E-state index >= 15 is 0 Å². The lowest BCUT2D eigenvalue weighted by Gasteiger charge is -2.36. The van der Waals surface area contributed by atoms with Gasteiger partial charge < -0.3 is 15.1 Å². The highest BCUT2D eigenvalue weighted by Crippen LogP contribution is 2.20. The van der Waals surface area contributed by atoms with Gasteiger partial charge in [-0.3, -0.25) is 9.59 Å². The molecule has 1 heterocycles. The number of benzene rings is 2. The SMILES string of the molecule is CC(=O)c1ccc(NCC(=O)N2CCN(c3ccccc3F)CC2)cc1. The number of rotatable bonds is 5. The van der Waals surface area contributed by atoms with Crippen LogP contribution >= 0.6 is 0 Å². The van der Waals surface area contributed by atoms with Gasteiger partial charge in [-0.15, -0.1) is 0 Å². The molecule has 3 rings (SSSR count). The predicted molar refractivity (Wildman–Crippen MR) is 100 cm³/mol. The number of amides is 1. The van der Waals surface area contributed by atoms with Crippen LogP contribution in [-0.2, 0) is 4.79 Å². The van der Waals surface area contributed by atoms with Crippen LogP contribution in [0.15, 0.2) is 48.5 Å². The largest absolute Gasteiger partial charge is 0.376 e. The molecule has 2 aromatic rings. The molecule has 1 saturated heterocycles. The van der Waals surface area contributed by atoms with Crippen LogP contribution in [-0.4, -0.2) is 49.3 Å². The number of carbonyl (C=O) groups is 2. The Morgan fingerprint density at radius 2 is 1.65 bits per heavy atom. The van der Waals surface area contributed by atoms with Gasteiger partial charge in [0.05, 0.1) is 12.2 Å². The summed E-state index contributed by atoms with van der Waals surface area (Å²) >= 11 is 0. The summed E-state index contributed by atoms with van der Waals surface area (Å²) in [6.07, 6.45) is 0. The number of nitrogens with zero attached hydrogens (tertiary/aromatic N) is 2. The van der Waals surface area contributed by atoms with Crippen LogP contribution in [0.25, 0.3) is 0 Å². The maximum Gasteiger partial charge on any atom is 0.241 e. The second kappa shape index (κ2) is 7.99. The van der Waals surface area contributed by atoms with Crippen molar-refractivity contribution >= 4 is 23.1 Å². The van der Waals surface area contributed by atoms with E-state index in [0.29, 0.717) is 37.4 Å². The van der Waals surface area contributed by atoms with Gasteiger partial charge in [-0.1, -0.05) is 12.1 Å². The highest BCUT2D eigenvalue weighted by Gasteiger charge is 2.22. The first-order valence-corrected chi connectivity index (χ1v) is 8.67. The van der Waals surface area contributed by atoms with Crippen LogP contribution < -0.4 is 10.2 Å². The quantitative estimate of drug-likeness (QED) is 0.838. The van der Waals surface area contributed by atoms with Gasteiger partial charge in [-0.25, -0.2) is 4.39 Å². The summed E-state index contributed by atoms with van der Waals surface area (Å²) in [4.78, 5) is 27.4. The van der Waals surface area contributed by atoms with Crippen molar-refractivity contribution < 1.29 is 14.0 Å². The van der Waals surface area contributed by atoms with Crippen molar-refractivity contribution in [1.82, 2.24) is 4.90 Å². The van der Waals surface area contributed by atoms with Gasteiger partial charge >= 0.3 is 0 Å². The zero-order chi connectivity index (χ0) is 18.5. The fourth-order valence-electron chi connectivity index (χ4n) is 3.02. The van der Waals surface area contributed by atoms with E-state index in [4.69, 9.17) is 0 Å². The van der Waals surface area contributed by atoms with E-state index in [2.05, 4.69) is 5.32 Å². The first-order valence-electron chi connectivity index (χ1n) is 8.67. The number of Topliss-reactive ketones (excluding diaryl/α,β-unsaturated/α-hetero) is 1. The minimum Gasteiger partial charge on any atom is -0.376 e. The van der Waals surface area contributed by atoms with E-state index in [1.807, 2.05) is 11.0 Å². The Labute approximate surface area is 152 Å². The van der Waals surface area contributed by atoms with E-state index in [-0.39, 0.29) is 24.1 Å². The molecule has 1 aliphatic heterocycles. The average molecular weight is 355 g/mol. The van der Waals surface area contributed by atoms with Crippen LogP contribution in [0.4, 0.5) is 15.8 Å². The maximum atomic E-state index is 13.9. The molecule has 2 aromatic carbocycles. The van der Waals surface area contributed by atoms with E-state index in [9.17, 15) is 14.0 Å². The number of para-hydroxylation sites is 1. The third-order valence-electron chi connectivity index (χ3n) is 4.56. The molecule has 0 aromatic heterocycles. The summed E-state index contributed by atoms with van der Waals surface area (Å²) in [5.41, 5.74) is 2.03. The normalized spacial score (nSPS) is 14.2. The molecule has 1 fully saturated rings. The third-order valence-corrected chi connectivity index (χ3v) is 4.56. The average Bonchev–Trinajstić information content (AvgIpc) is 2.67. The van der Waals surface area contributed by atoms with Gasteiger partial charge in [-0.2, -0.15) is 0 Å². The molecule has 0 spiro atoms. The fraction of sp³-hybridized carbons (Fsp3) is 0.300. The van der Waals surface area contributed by atoms with E-state index in [0.717, 1.165) is 5.69 Å². The van der Waals surface area contributed by atoms with Crippen LogP contribution in [0, 0.1) is 5.82 Å². The van der Waals surface area contributed by atoms with E-state index in [1.54, 1.807) is 41.3 Å². The minimum atomic E-state index is -0.233. The molecule has 0 saturated carbocycles. The smallest absolute Gasteiger partial charge is 0.241 e. The molecule has 0 radical (unpaired) electrons. The van der Waals surface area contributed by atoms with Crippen molar-refractivity contribution in [3.8, 4) is 0 Å². The Balaban J connectivity index is 1.49. The Morgan fingerprint density at radius 3 is 2.27 bits per heavy atom. The van der Waals surface area contributed by atoms with Crippen LogP contribution in [0.3, 0.4) is 0 Å². The Bertz CT molecular complexity index is 784. The van der Waals surface area contributed by atoms with Gasteiger partial charge in [0.15, 0.2) is 5.78 Å². The number of hydrogen-bond acceptors (Lipinski definition) is 4. The molecule has 1 amide bonds. The number of piperazine rings is 1. The van der Waals surface area contributed by atoms with Crippen molar-refractivity contribution in [2.24, 2.45) is 0 Å². The maximum absolute atomic E-state index is 13.9. The van der Waals surface area contributed by atoms with Crippen LogP contribution in [0.5, 0.6) is 0 Å². The van der Waals surface area contributed by atoms with Gasteiger partial charge in [0.1, 0.15) is 5.82 Å². The van der Waals surface area contributed by atoms with Gasteiger partial charge in [0, 0.05) is 37.4 Å². The molecule has 6 heteroatoms. The Hall–Kier alpha value is -2.89. The van der Waals surface area contributed by atoms with Crippen molar-refractivity contribution in [2.45, 2.75) is 6.92 Å². The second-order valence-corrected chi connectivity index (χ2v) is 6.31. The molecule has 0 unspecified atom stereocenters. The molecule has 26 heavy (non-hydrogen) atoms. The number of carbonyl (C=O) groups excluding carboxylic acids is 2. The lowest BCUT2D eigenvalue weighted by molar-refractivity contribution is -0.129. The lowest BCUT2D eigenvalue weighted by Crippen LogP contribution is -2.50. The topological polar surface area (TPSA) is 52.7 Å². The molecule has 136 valence electrons. The third kappa shape index (κ3) is 4.20. The van der Waals surface area contributed by atoms with Crippen molar-refractivity contribution in [3.05, 3.63) is 59.9 Å². The minimum absolute atomic E-state index is 0.00817. The highest BCUT2D eigenvalue weighted by atomic mass is 19.1. The summed E-state index contributed by atoms with van der Waals surface area (Å²) < 4.78 is 13.9. The van der Waals surface area contributed by atoms with Gasteiger partial charge in [0.25, 0.3) is 0 Å². The number of hydrogen-bond donors (Lipinski definition) is 1. The molecular weight excluding hydrogens is 333 g/mol. The van der Waals surface area contributed by atoms with Crippen molar-refractivity contribution in [1.29, 1.82) is 0 Å². The van der Waals surface area contributed by atoms with Crippen molar-refractivity contribution in [2.75, 3.05) is 42.9 Å². The monoisotopic (exact) mass is 355 g/mol. The Morgan fingerprint density at radius 1 is 1.00 bits per heavy atom. The van der Waals surface area contributed by atoms with Gasteiger partial charge in [0.2, 0.25) is 5.91 Å². The Kier molecular flexibility index (Phi) is 5.51. The fourth-order valence-corrected chi connectivity index (χ4v) is 3.02. The molecule has 5 nitrogen and oxygen atoms in total. The second-order valence-electron chi connectivity index (χ2n) is 6.31. The summed E-state index contributed by atoms with van der Waals surface area (Å²) in [5.74, 6) is -0.211. The van der Waals surface area contributed by atoms with Crippen molar-refractivity contribution in [3.63, 3.8) is 0 Å². The molecule has 1 N–H and O–H groups in total. The molecule has 0 atom stereocenters. The number of nitrogens with one attached hydrogen (secondary N) is 1. The first kappa shape index (κ1) is 17.9. The van der Waals surface area contributed by atoms with E-state index < -0.39 is 0 Å². The number of ketones is 1. The standard InChI is InChI=1S/C20H22FN3O2/c1-15(25)16-6-8-17(9-7-16)22-14-20(26)24-12-10-23(11-13-24)19-5-3-2-4-18(19)21/h2-9,22H,10-14H2,1H3. The molecule has 0 bridgehead atoms. The summed E-state index contributed by atoms with van der Waals surface area (Å²) in [6.45, 7) is 4.07. The van der Waals surface area contributed by atoms with Gasteiger partial charge in [-0.05, 0) is 43.3 Å². The zero-order valence-electron chi connectivity index (χ0n) is 14.7. The predicted octanol–water partition coefficient (Wildman–Crippen LogP) is 2.79. The lowest BCUT2D eigenvalue weighted by atomic mass is 10.1. The molecular formula is C20H22FN3O2. The summed E-state index contributed by atoms with van der Waals surface area (Å²) in [5, 5.41) is 3.08. The molecule has 1 aliphatic rings. The first-order chi connectivity index (χ1) is 12.5. The van der Waals surface area contributed by atoms with E-state index in [1.165, 1.54) is 13.0 Å². The zero-order valence-corrected chi connectivity index (χ0v) is 14.7. The number of anilines is 2. The number of halogens is 1. The van der Waals surface area contributed by atoms with Crippen LogP contribution in [0.2, 0.25) is 0 Å².